The molecule has 7 heteroatoms. The first-order valence-electron chi connectivity index (χ1n) is 7.39. The Bertz CT molecular complexity index is 935. The fourth-order valence-corrected chi connectivity index (χ4v) is 3.23. The molecule has 0 unspecified atom stereocenters. The lowest BCUT2D eigenvalue weighted by atomic mass is 9.79. The summed E-state index contributed by atoms with van der Waals surface area (Å²) in [5, 5.41) is 21.9. The van der Waals surface area contributed by atoms with E-state index in [4.69, 9.17) is 11.6 Å². The van der Waals surface area contributed by atoms with Gasteiger partial charge in [0.05, 0.1) is 11.5 Å². The summed E-state index contributed by atoms with van der Waals surface area (Å²) >= 11 is 6.13. The number of rotatable bonds is 4. The molecule has 1 aliphatic rings. The van der Waals surface area contributed by atoms with E-state index in [2.05, 4.69) is 0 Å². The van der Waals surface area contributed by atoms with Gasteiger partial charge in [-0.2, -0.15) is 0 Å². The van der Waals surface area contributed by atoms with Crippen LogP contribution in [0, 0.1) is 10.1 Å². The third-order valence-corrected chi connectivity index (χ3v) is 4.44. The standard InChI is InChI=1S/C18H12ClNO5/c19-14-8-4-3-5-10(14)13(9-20(24)25)15-16(21)11-6-1-2-7-12(11)17(22)18(15)23/h1-8,13,21H,9H2/t13-/m1/s1. The molecule has 6 nitrogen and oxygen atoms in total. The maximum absolute atomic E-state index is 12.6. The van der Waals surface area contributed by atoms with Gasteiger partial charge in [0.25, 0.3) is 0 Å². The molecule has 1 aliphatic carbocycles. The zero-order chi connectivity index (χ0) is 18.1. The number of hydrogen-bond acceptors (Lipinski definition) is 5. The van der Waals surface area contributed by atoms with Crippen LogP contribution in [0.4, 0.5) is 0 Å². The highest BCUT2D eigenvalue weighted by atomic mass is 35.5. The predicted molar refractivity (Wildman–Crippen MR) is 91.4 cm³/mol. The first kappa shape index (κ1) is 16.9. The van der Waals surface area contributed by atoms with Crippen molar-refractivity contribution in [2.75, 3.05) is 6.54 Å². The SMILES string of the molecule is O=C1C(=O)c2ccccc2C(O)=C1[C@H](C[N+](=O)[O-])c1ccccc1Cl. The quantitative estimate of drug-likeness (QED) is 0.513. The average molecular weight is 358 g/mol. The Morgan fingerprint density at radius 3 is 2.24 bits per heavy atom. The summed E-state index contributed by atoms with van der Waals surface area (Å²) in [7, 11) is 0. The number of aliphatic hydroxyl groups excluding tert-OH is 1. The molecule has 1 atom stereocenters. The highest BCUT2D eigenvalue weighted by Gasteiger charge is 2.39. The predicted octanol–water partition coefficient (Wildman–Crippen LogP) is 3.44. The van der Waals surface area contributed by atoms with Crippen molar-refractivity contribution in [3.05, 3.63) is 85.9 Å². The van der Waals surface area contributed by atoms with Crippen molar-refractivity contribution in [1.82, 2.24) is 0 Å². The van der Waals surface area contributed by atoms with E-state index < -0.39 is 34.7 Å². The largest absolute Gasteiger partial charge is 0.507 e. The Balaban J connectivity index is 2.25. The van der Waals surface area contributed by atoms with Crippen LogP contribution in [0.2, 0.25) is 5.02 Å². The lowest BCUT2D eigenvalue weighted by Crippen LogP contribution is -2.30. The van der Waals surface area contributed by atoms with Gasteiger partial charge < -0.3 is 5.11 Å². The molecule has 0 fully saturated rings. The summed E-state index contributed by atoms with van der Waals surface area (Å²) in [6, 6.07) is 12.4. The zero-order valence-electron chi connectivity index (χ0n) is 12.8. The maximum atomic E-state index is 12.6. The van der Waals surface area contributed by atoms with E-state index in [1.807, 2.05) is 0 Å². The first-order chi connectivity index (χ1) is 11.9. The molecule has 0 radical (unpaired) electrons. The number of hydrogen-bond donors (Lipinski definition) is 1. The van der Waals surface area contributed by atoms with Gasteiger partial charge in [-0.15, -0.1) is 0 Å². The van der Waals surface area contributed by atoms with E-state index in [1.165, 1.54) is 24.3 Å². The number of Topliss-reactive ketones (excluding diaryl/α,β-unsaturated/α-hetero) is 2. The first-order valence-corrected chi connectivity index (χ1v) is 7.77. The smallest absolute Gasteiger partial charge is 0.234 e. The Labute approximate surface area is 147 Å². The van der Waals surface area contributed by atoms with Crippen molar-refractivity contribution >= 4 is 28.9 Å². The van der Waals surface area contributed by atoms with E-state index in [-0.39, 0.29) is 21.7 Å². The molecule has 2 aromatic carbocycles. The van der Waals surface area contributed by atoms with Gasteiger partial charge in [-0.05, 0) is 11.6 Å². The minimum atomic E-state index is -1.13. The number of carbonyl (C=O) groups is 2. The van der Waals surface area contributed by atoms with Gasteiger partial charge in [0.1, 0.15) is 5.76 Å². The van der Waals surface area contributed by atoms with Crippen LogP contribution in [-0.4, -0.2) is 28.1 Å². The van der Waals surface area contributed by atoms with Crippen LogP contribution in [-0.2, 0) is 4.79 Å². The lowest BCUT2D eigenvalue weighted by Gasteiger charge is -2.23. The molecule has 0 spiro atoms. The number of nitrogens with zero attached hydrogens (tertiary/aromatic N) is 1. The molecule has 0 heterocycles. The number of carbonyl (C=O) groups excluding carboxylic acids is 2. The normalized spacial score (nSPS) is 15.1. The average Bonchev–Trinajstić information content (AvgIpc) is 2.59. The molecule has 0 aliphatic heterocycles. The van der Waals surface area contributed by atoms with Gasteiger partial charge in [-0.1, -0.05) is 54.1 Å². The van der Waals surface area contributed by atoms with Crippen LogP contribution in [0.1, 0.15) is 27.4 Å². The molecular formula is C18H12ClNO5. The van der Waals surface area contributed by atoms with Gasteiger partial charge >= 0.3 is 0 Å². The molecule has 1 N–H and O–H groups in total. The van der Waals surface area contributed by atoms with Crippen LogP contribution in [0.25, 0.3) is 5.76 Å². The highest BCUT2D eigenvalue weighted by Crippen LogP contribution is 2.38. The monoisotopic (exact) mass is 357 g/mol. The van der Waals surface area contributed by atoms with Crippen LogP contribution in [0.15, 0.2) is 54.1 Å². The number of fused-ring (bicyclic) bond motifs is 1. The molecule has 0 saturated carbocycles. The Kier molecular flexibility index (Phi) is 4.37. The van der Waals surface area contributed by atoms with Gasteiger partial charge in [0, 0.05) is 21.1 Å². The molecule has 2 aromatic rings. The third kappa shape index (κ3) is 2.92. The Morgan fingerprint density at radius 2 is 1.60 bits per heavy atom. The van der Waals surface area contributed by atoms with Crippen molar-refractivity contribution in [1.29, 1.82) is 0 Å². The van der Waals surface area contributed by atoms with Crippen molar-refractivity contribution < 1.29 is 19.6 Å². The van der Waals surface area contributed by atoms with E-state index in [0.29, 0.717) is 5.56 Å². The second-order valence-corrected chi connectivity index (χ2v) is 5.96. The van der Waals surface area contributed by atoms with Crippen molar-refractivity contribution in [3.8, 4) is 0 Å². The minimum absolute atomic E-state index is 0.0766. The molecular weight excluding hydrogens is 346 g/mol. The van der Waals surface area contributed by atoms with Crippen molar-refractivity contribution in [2.45, 2.75) is 5.92 Å². The van der Waals surface area contributed by atoms with Crippen LogP contribution >= 0.6 is 11.6 Å². The van der Waals surface area contributed by atoms with E-state index in [1.54, 1.807) is 24.3 Å². The molecule has 0 aromatic heterocycles. The van der Waals surface area contributed by atoms with E-state index in [0.717, 1.165) is 0 Å². The number of ketones is 2. The van der Waals surface area contributed by atoms with E-state index >= 15 is 0 Å². The second-order valence-electron chi connectivity index (χ2n) is 5.56. The van der Waals surface area contributed by atoms with Crippen molar-refractivity contribution in [3.63, 3.8) is 0 Å². The summed E-state index contributed by atoms with van der Waals surface area (Å²) in [5.74, 6) is -3.31. The minimum Gasteiger partial charge on any atom is -0.507 e. The summed E-state index contributed by atoms with van der Waals surface area (Å²) in [6.07, 6.45) is 0. The summed E-state index contributed by atoms with van der Waals surface area (Å²) in [4.78, 5) is 35.5. The lowest BCUT2D eigenvalue weighted by molar-refractivity contribution is -0.481. The maximum Gasteiger partial charge on any atom is 0.234 e. The Morgan fingerprint density at radius 1 is 1.00 bits per heavy atom. The highest BCUT2D eigenvalue weighted by molar-refractivity contribution is 6.52. The second kappa shape index (κ2) is 6.49. The molecule has 25 heavy (non-hydrogen) atoms. The fourth-order valence-electron chi connectivity index (χ4n) is 2.96. The molecule has 0 saturated heterocycles. The molecule has 0 amide bonds. The van der Waals surface area contributed by atoms with Crippen molar-refractivity contribution in [2.24, 2.45) is 0 Å². The zero-order valence-corrected chi connectivity index (χ0v) is 13.6. The number of halogens is 1. The van der Waals surface area contributed by atoms with Gasteiger partial charge in [0.2, 0.25) is 18.1 Å². The Hall–Kier alpha value is -2.99. The van der Waals surface area contributed by atoms with Crippen LogP contribution in [0.5, 0.6) is 0 Å². The van der Waals surface area contributed by atoms with E-state index in [9.17, 15) is 24.8 Å². The summed E-state index contributed by atoms with van der Waals surface area (Å²) in [6.45, 7) is -0.676. The number of aliphatic hydroxyl groups is 1. The molecule has 0 bridgehead atoms. The topological polar surface area (TPSA) is 97.5 Å². The summed E-state index contributed by atoms with van der Waals surface area (Å²) in [5.41, 5.74) is 0.270. The van der Waals surface area contributed by atoms with Gasteiger partial charge in [-0.3, -0.25) is 19.7 Å². The third-order valence-electron chi connectivity index (χ3n) is 4.09. The summed E-state index contributed by atoms with van der Waals surface area (Å²) < 4.78 is 0. The molecule has 3 rings (SSSR count). The number of nitro groups is 1. The molecule has 126 valence electrons. The van der Waals surface area contributed by atoms with Gasteiger partial charge in [0.15, 0.2) is 0 Å². The number of benzene rings is 2. The van der Waals surface area contributed by atoms with Crippen LogP contribution in [0.3, 0.4) is 0 Å². The van der Waals surface area contributed by atoms with Crippen LogP contribution < -0.4 is 0 Å². The van der Waals surface area contributed by atoms with Gasteiger partial charge in [-0.25, -0.2) is 0 Å². The fraction of sp³-hybridized carbons (Fsp3) is 0.111.